The summed E-state index contributed by atoms with van der Waals surface area (Å²) in [5, 5.41) is 14.2. The second kappa shape index (κ2) is 6.59. The smallest absolute Gasteiger partial charge is 0.262 e. The van der Waals surface area contributed by atoms with Crippen LogP contribution < -0.4 is 5.32 Å². The van der Waals surface area contributed by atoms with Gasteiger partial charge in [-0.2, -0.15) is 0 Å². The van der Waals surface area contributed by atoms with Crippen molar-refractivity contribution in [2.45, 2.75) is 36.6 Å². The van der Waals surface area contributed by atoms with Gasteiger partial charge in [0.1, 0.15) is 4.88 Å². The minimum Gasteiger partial charge on any atom is -0.396 e. The van der Waals surface area contributed by atoms with Gasteiger partial charge < -0.3 is 10.4 Å². The van der Waals surface area contributed by atoms with Crippen molar-refractivity contribution in [3.05, 3.63) is 16.3 Å². The third-order valence-electron chi connectivity index (χ3n) is 3.50. The average Bonchev–Trinajstić information content (AvgIpc) is 2.88. The quantitative estimate of drug-likeness (QED) is 0.836. The minimum atomic E-state index is 0.0572. The van der Waals surface area contributed by atoms with Crippen LogP contribution in [0.2, 0.25) is 0 Å². The van der Waals surface area contributed by atoms with Crippen LogP contribution >= 0.6 is 23.1 Å². The fourth-order valence-corrected chi connectivity index (χ4v) is 4.02. The first-order valence-electron chi connectivity index (χ1n) is 6.27. The molecule has 1 heterocycles. The molecule has 18 heavy (non-hydrogen) atoms. The molecule has 1 saturated carbocycles. The molecule has 5 heteroatoms. The average molecular weight is 285 g/mol. The number of aliphatic hydroxyl groups is 1. The molecule has 0 aromatic carbocycles. The number of rotatable bonds is 4. The van der Waals surface area contributed by atoms with Crippen molar-refractivity contribution >= 4 is 29.0 Å². The second-order valence-electron chi connectivity index (χ2n) is 4.69. The lowest BCUT2D eigenvalue weighted by Gasteiger charge is -2.27. The van der Waals surface area contributed by atoms with Gasteiger partial charge in [-0.1, -0.05) is 0 Å². The molecule has 1 fully saturated rings. The molecule has 1 aliphatic rings. The van der Waals surface area contributed by atoms with Crippen molar-refractivity contribution in [2.24, 2.45) is 5.92 Å². The molecular weight excluding hydrogens is 266 g/mol. The Morgan fingerprint density at radius 2 is 2.22 bits per heavy atom. The summed E-state index contributed by atoms with van der Waals surface area (Å²) in [6, 6.07) is 2.27. The number of carbonyl (C=O) groups excluding carboxylic acids is 1. The molecule has 0 saturated heterocycles. The van der Waals surface area contributed by atoms with Gasteiger partial charge in [-0.05, 0) is 49.3 Å². The maximum atomic E-state index is 12.1. The van der Waals surface area contributed by atoms with Gasteiger partial charge in [0.15, 0.2) is 0 Å². The van der Waals surface area contributed by atoms with Crippen LogP contribution in [0.25, 0.3) is 0 Å². The zero-order valence-corrected chi connectivity index (χ0v) is 12.1. The van der Waals surface area contributed by atoms with Crippen LogP contribution in [0.5, 0.6) is 0 Å². The second-order valence-corrected chi connectivity index (χ2v) is 6.46. The Morgan fingerprint density at radius 1 is 1.50 bits per heavy atom. The van der Waals surface area contributed by atoms with Crippen LogP contribution in [-0.2, 0) is 0 Å². The summed E-state index contributed by atoms with van der Waals surface area (Å²) in [6.45, 7) is 0.280. The topological polar surface area (TPSA) is 49.3 Å². The van der Waals surface area contributed by atoms with Crippen LogP contribution in [-0.4, -0.2) is 29.9 Å². The van der Waals surface area contributed by atoms with E-state index < -0.39 is 0 Å². The molecule has 0 bridgehead atoms. The van der Waals surface area contributed by atoms with E-state index in [1.54, 1.807) is 11.8 Å². The molecule has 0 spiro atoms. The fourth-order valence-electron chi connectivity index (χ4n) is 2.36. The number of nitrogens with one attached hydrogen (secondary N) is 1. The predicted octanol–water partition coefficient (Wildman–Crippen LogP) is 2.75. The molecule has 1 aromatic rings. The van der Waals surface area contributed by atoms with Gasteiger partial charge >= 0.3 is 0 Å². The molecule has 2 rings (SSSR count). The van der Waals surface area contributed by atoms with Gasteiger partial charge in [0.05, 0.1) is 0 Å². The number of aliphatic hydroxyl groups excluding tert-OH is 1. The Bertz CT molecular complexity index is 397. The molecule has 100 valence electrons. The van der Waals surface area contributed by atoms with Gasteiger partial charge in [-0.15, -0.1) is 23.1 Å². The highest BCUT2D eigenvalue weighted by atomic mass is 32.2. The van der Waals surface area contributed by atoms with Crippen LogP contribution in [0.3, 0.4) is 0 Å². The van der Waals surface area contributed by atoms with Crippen LogP contribution in [0, 0.1) is 5.92 Å². The molecule has 0 aliphatic heterocycles. The first kappa shape index (κ1) is 13.9. The van der Waals surface area contributed by atoms with Crippen molar-refractivity contribution in [2.75, 3.05) is 12.9 Å². The molecular formula is C13H19NO2S2. The van der Waals surface area contributed by atoms with E-state index in [9.17, 15) is 4.79 Å². The Kier molecular flexibility index (Phi) is 5.09. The minimum absolute atomic E-state index is 0.0572. The number of hydrogen-bond acceptors (Lipinski definition) is 4. The molecule has 1 amide bonds. The van der Waals surface area contributed by atoms with Crippen molar-refractivity contribution in [1.82, 2.24) is 5.32 Å². The van der Waals surface area contributed by atoms with Crippen LogP contribution in [0.4, 0.5) is 0 Å². The molecule has 3 nitrogen and oxygen atoms in total. The standard InChI is InChI=1S/C13H19NO2S2/c1-17-11-6-7-18-12(11)13(16)14-10-4-2-9(8-15)3-5-10/h6-7,9-10,15H,2-5,8H2,1H3,(H,14,16). The molecule has 0 unspecified atom stereocenters. The summed E-state index contributed by atoms with van der Waals surface area (Å²) in [7, 11) is 0. The predicted molar refractivity (Wildman–Crippen MR) is 76.4 cm³/mol. The van der Waals surface area contributed by atoms with Crippen LogP contribution in [0.1, 0.15) is 35.4 Å². The summed E-state index contributed by atoms with van der Waals surface area (Å²) in [5.74, 6) is 0.489. The van der Waals surface area contributed by atoms with Gasteiger partial charge in [-0.25, -0.2) is 0 Å². The Hall–Kier alpha value is -0.520. The lowest BCUT2D eigenvalue weighted by molar-refractivity contribution is 0.0915. The Balaban J connectivity index is 1.89. The molecule has 0 radical (unpaired) electrons. The lowest BCUT2D eigenvalue weighted by Crippen LogP contribution is -2.37. The van der Waals surface area contributed by atoms with E-state index in [1.807, 2.05) is 17.7 Å². The highest BCUT2D eigenvalue weighted by Crippen LogP contribution is 2.27. The zero-order valence-electron chi connectivity index (χ0n) is 10.5. The van der Waals surface area contributed by atoms with Crippen molar-refractivity contribution < 1.29 is 9.90 Å². The van der Waals surface area contributed by atoms with E-state index in [4.69, 9.17) is 5.11 Å². The van der Waals surface area contributed by atoms with E-state index >= 15 is 0 Å². The third kappa shape index (κ3) is 3.28. The zero-order chi connectivity index (χ0) is 13.0. The van der Waals surface area contributed by atoms with Gasteiger partial charge in [0.25, 0.3) is 5.91 Å². The fraction of sp³-hybridized carbons (Fsp3) is 0.615. The summed E-state index contributed by atoms with van der Waals surface area (Å²) in [6.07, 6.45) is 5.99. The van der Waals surface area contributed by atoms with Gasteiger partial charge in [-0.3, -0.25) is 4.79 Å². The first-order chi connectivity index (χ1) is 8.74. The molecule has 0 atom stereocenters. The lowest BCUT2D eigenvalue weighted by atomic mass is 9.86. The number of carbonyl (C=O) groups is 1. The van der Waals surface area contributed by atoms with E-state index in [1.165, 1.54) is 11.3 Å². The Morgan fingerprint density at radius 3 is 2.83 bits per heavy atom. The highest BCUT2D eigenvalue weighted by Gasteiger charge is 2.23. The summed E-state index contributed by atoms with van der Waals surface area (Å²) >= 11 is 3.12. The third-order valence-corrected chi connectivity index (χ3v) is 5.32. The van der Waals surface area contributed by atoms with E-state index in [0.29, 0.717) is 5.92 Å². The maximum absolute atomic E-state index is 12.1. The van der Waals surface area contributed by atoms with E-state index in [2.05, 4.69) is 5.32 Å². The maximum Gasteiger partial charge on any atom is 0.262 e. The number of thioether (sulfide) groups is 1. The van der Waals surface area contributed by atoms with Crippen molar-refractivity contribution in [3.63, 3.8) is 0 Å². The number of thiophene rings is 1. The summed E-state index contributed by atoms with van der Waals surface area (Å²) in [5.41, 5.74) is 0. The highest BCUT2D eigenvalue weighted by molar-refractivity contribution is 7.98. The molecule has 1 aromatic heterocycles. The SMILES string of the molecule is CSc1ccsc1C(=O)NC1CCC(CO)CC1. The summed E-state index contributed by atoms with van der Waals surface area (Å²) < 4.78 is 0. The largest absolute Gasteiger partial charge is 0.396 e. The van der Waals surface area contributed by atoms with Gasteiger partial charge in [0, 0.05) is 17.5 Å². The van der Waals surface area contributed by atoms with Crippen molar-refractivity contribution in [3.8, 4) is 0 Å². The van der Waals surface area contributed by atoms with Crippen molar-refractivity contribution in [1.29, 1.82) is 0 Å². The summed E-state index contributed by atoms with van der Waals surface area (Å²) in [4.78, 5) is 14.0. The Labute approximate surface area is 116 Å². The number of hydrogen-bond donors (Lipinski definition) is 2. The monoisotopic (exact) mass is 285 g/mol. The van der Waals surface area contributed by atoms with E-state index in [-0.39, 0.29) is 18.6 Å². The molecule has 2 N–H and O–H groups in total. The number of amides is 1. The van der Waals surface area contributed by atoms with Gasteiger partial charge in [0.2, 0.25) is 0 Å². The normalized spacial score (nSPS) is 23.9. The van der Waals surface area contributed by atoms with Crippen LogP contribution in [0.15, 0.2) is 16.3 Å². The first-order valence-corrected chi connectivity index (χ1v) is 8.38. The van der Waals surface area contributed by atoms with E-state index in [0.717, 1.165) is 35.5 Å². The molecule has 1 aliphatic carbocycles.